The van der Waals surface area contributed by atoms with Gasteiger partial charge in [-0.15, -0.1) is 0 Å². The third kappa shape index (κ3) is 3.48. The molecule has 4 heteroatoms. The van der Waals surface area contributed by atoms with Crippen LogP contribution < -0.4 is 14.8 Å². The Kier molecular flexibility index (Phi) is 4.15. The van der Waals surface area contributed by atoms with E-state index >= 15 is 0 Å². The summed E-state index contributed by atoms with van der Waals surface area (Å²) in [5, 5.41) is 12.3. The van der Waals surface area contributed by atoms with E-state index in [1.165, 1.54) is 5.56 Å². The van der Waals surface area contributed by atoms with Crippen LogP contribution in [0.5, 0.6) is 11.5 Å². The van der Waals surface area contributed by atoms with E-state index in [9.17, 15) is 5.26 Å². The third-order valence-corrected chi connectivity index (χ3v) is 3.88. The predicted octanol–water partition coefficient (Wildman–Crippen LogP) is 3.06. The van der Waals surface area contributed by atoms with Gasteiger partial charge < -0.3 is 14.8 Å². The monoisotopic (exact) mass is 288 g/mol. The number of nitrogens with one attached hydrogen (secondary N) is 1. The summed E-state index contributed by atoms with van der Waals surface area (Å²) >= 11 is 0. The van der Waals surface area contributed by atoms with Crippen LogP contribution >= 0.6 is 0 Å². The van der Waals surface area contributed by atoms with Gasteiger partial charge in [-0.2, -0.15) is 5.26 Å². The Morgan fingerprint density at radius 3 is 2.86 bits per heavy atom. The molecular formula is C17H24N2O2. The number of para-hydroxylation sites is 1. The van der Waals surface area contributed by atoms with E-state index in [1.54, 1.807) is 7.05 Å². The number of rotatable bonds is 5. The highest BCUT2D eigenvalue weighted by Gasteiger charge is 2.33. The van der Waals surface area contributed by atoms with Gasteiger partial charge in [0.25, 0.3) is 0 Å². The molecule has 0 fully saturated rings. The van der Waals surface area contributed by atoms with Crippen LogP contribution in [0.3, 0.4) is 0 Å². The lowest BCUT2D eigenvalue weighted by Gasteiger charge is -2.26. The predicted molar refractivity (Wildman–Crippen MR) is 82.6 cm³/mol. The van der Waals surface area contributed by atoms with Gasteiger partial charge in [0, 0.05) is 18.4 Å². The van der Waals surface area contributed by atoms with Crippen molar-refractivity contribution < 1.29 is 9.47 Å². The van der Waals surface area contributed by atoms with Gasteiger partial charge in [-0.1, -0.05) is 12.1 Å². The van der Waals surface area contributed by atoms with Crippen LogP contribution in [0.1, 0.15) is 39.7 Å². The summed E-state index contributed by atoms with van der Waals surface area (Å²) in [6.45, 7) is 8.01. The number of nitriles is 1. The lowest BCUT2D eigenvalue weighted by molar-refractivity contribution is 0.122. The van der Waals surface area contributed by atoms with Gasteiger partial charge >= 0.3 is 0 Å². The lowest BCUT2D eigenvalue weighted by Crippen LogP contribution is -2.41. The van der Waals surface area contributed by atoms with Crippen molar-refractivity contribution in [1.29, 1.82) is 5.26 Å². The van der Waals surface area contributed by atoms with Crippen molar-refractivity contribution in [3.05, 3.63) is 23.8 Å². The number of hydrogen-bond acceptors (Lipinski definition) is 4. The molecule has 1 aliphatic heterocycles. The van der Waals surface area contributed by atoms with Gasteiger partial charge in [0.1, 0.15) is 11.1 Å². The molecule has 0 spiro atoms. The molecule has 1 heterocycles. The van der Waals surface area contributed by atoms with E-state index in [4.69, 9.17) is 9.47 Å². The van der Waals surface area contributed by atoms with Crippen LogP contribution in [-0.4, -0.2) is 24.3 Å². The molecule has 114 valence electrons. The second-order valence-corrected chi connectivity index (χ2v) is 6.61. The van der Waals surface area contributed by atoms with Crippen molar-refractivity contribution in [3.8, 4) is 17.6 Å². The molecule has 0 radical (unpaired) electrons. The molecule has 0 aliphatic carbocycles. The van der Waals surface area contributed by atoms with Gasteiger partial charge in [-0.05, 0) is 40.8 Å². The molecule has 0 saturated carbocycles. The molecule has 1 N–H and O–H groups in total. The number of fused-ring (bicyclic) bond motifs is 1. The summed E-state index contributed by atoms with van der Waals surface area (Å²) in [6, 6.07) is 8.29. The SMILES string of the molecule is CNC(C)(C#N)CC(C)Oc1cccc2c1OC(C)(C)C2. The van der Waals surface area contributed by atoms with Crippen molar-refractivity contribution in [2.45, 2.75) is 57.8 Å². The van der Waals surface area contributed by atoms with Crippen LogP contribution in [0.25, 0.3) is 0 Å². The fourth-order valence-corrected chi connectivity index (χ4v) is 2.72. The Bertz CT molecular complexity index is 562. The highest BCUT2D eigenvalue weighted by atomic mass is 16.5. The Morgan fingerprint density at radius 1 is 1.52 bits per heavy atom. The summed E-state index contributed by atoms with van der Waals surface area (Å²) in [6.07, 6.45) is 1.41. The van der Waals surface area contributed by atoms with Gasteiger partial charge in [-0.3, -0.25) is 0 Å². The normalized spacial score (nSPS) is 19.8. The van der Waals surface area contributed by atoms with Gasteiger partial charge in [-0.25, -0.2) is 0 Å². The largest absolute Gasteiger partial charge is 0.487 e. The quantitative estimate of drug-likeness (QED) is 0.904. The number of hydrogen-bond donors (Lipinski definition) is 1. The highest BCUT2D eigenvalue weighted by molar-refractivity contribution is 5.50. The number of benzene rings is 1. The Hall–Kier alpha value is -1.73. The summed E-state index contributed by atoms with van der Waals surface area (Å²) in [5.41, 5.74) is 0.413. The van der Waals surface area contributed by atoms with Crippen LogP contribution in [0.4, 0.5) is 0 Å². The van der Waals surface area contributed by atoms with E-state index in [0.717, 1.165) is 17.9 Å². The third-order valence-electron chi connectivity index (χ3n) is 3.88. The molecule has 4 nitrogen and oxygen atoms in total. The van der Waals surface area contributed by atoms with Crippen LogP contribution in [0.2, 0.25) is 0 Å². The van der Waals surface area contributed by atoms with Gasteiger partial charge in [0.2, 0.25) is 0 Å². The average Bonchev–Trinajstić information content (AvgIpc) is 2.73. The first-order valence-corrected chi connectivity index (χ1v) is 7.36. The number of ether oxygens (including phenoxy) is 2. The van der Waals surface area contributed by atoms with Gasteiger partial charge in [0.05, 0.1) is 12.2 Å². The molecule has 0 amide bonds. The number of nitrogens with zero attached hydrogens (tertiary/aromatic N) is 1. The zero-order chi connectivity index (χ0) is 15.7. The minimum atomic E-state index is -0.586. The fraction of sp³-hybridized carbons (Fsp3) is 0.588. The van der Waals surface area contributed by atoms with Crippen molar-refractivity contribution in [2.24, 2.45) is 0 Å². The average molecular weight is 288 g/mol. The Balaban J connectivity index is 2.12. The minimum Gasteiger partial charge on any atom is -0.487 e. The summed E-state index contributed by atoms with van der Waals surface area (Å²) < 4.78 is 12.0. The van der Waals surface area contributed by atoms with Crippen molar-refractivity contribution in [1.82, 2.24) is 5.32 Å². The molecule has 0 saturated heterocycles. The first kappa shape index (κ1) is 15.7. The summed E-state index contributed by atoms with van der Waals surface area (Å²) in [7, 11) is 1.79. The molecule has 21 heavy (non-hydrogen) atoms. The molecule has 0 aromatic heterocycles. The molecule has 1 aromatic carbocycles. The van der Waals surface area contributed by atoms with Gasteiger partial charge in [0.15, 0.2) is 11.5 Å². The van der Waals surface area contributed by atoms with Crippen molar-refractivity contribution >= 4 is 0 Å². The maximum atomic E-state index is 9.23. The van der Waals surface area contributed by atoms with Crippen molar-refractivity contribution in [3.63, 3.8) is 0 Å². The maximum absolute atomic E-state index is 9.23. The van der Waals surface area contributed by atoms with E-state index in [1.807, 2.05) is 26.0 Å². The molecule has 2 unspecified atom stereocenters. The zero-order valence-corrected chi connectivity index (χ0v) is 13.5. The van der Waals surface area contributed by atoms with Crippen molar-refractivity contribution in [2.75, 3.05) is 7.05 Å². The molecular weight excluding hydrogens is 264 g/mol. The second-order valence-electron chi connectivity index (χ2n) is 6.61. The highest BCUT2D eigenvalue weighted by Crippen LogP contribution is 2.42. The molecule has 0 bridgehead atoms. The molecule has 1 aromatic rings. The molecule has 1 aliphatic rings. The second kappa shape index (κ2) is 5.57. The van der Waals surface area contributed by atoms with E-state index in [0.29, 0.717) is 6.42 Å². The first-order chi connectivity index (χ1) is 9.78. The molecule has 2 rings (SSSR count). The van der Waals surface area contributed by atoms with E-state index in [-0.39, 0.29) is 11.7 Å². The van der Waals surface area contributed by atoms with Crippen LogP contribution in [0, 0.1) is 11.3 Å². The Morgan fingerprint density at radius 2 is 2.24 bits per heavy atom. The Labute approximate surface area is 127 Å². The first-order valence-electron chi connectivity index (χ1n) is 7.36. The maximum Gasteiger partial charge on any atom is 0.165 e. The lowest BCUT2D eigenvalue weighted by atomic mass is 9.97. The van der Waals surface area contributed by atoms with E-state index < -0.39 is 5.54 Å². The zero-order valence-electron chi connectivity index (χ0n) is 13.5. The smallest absolute Gasteiger partial charge is 0.165 e. The minimum absolute atomic E-state index is 0.0825. The standard InChI is InChI=1S/C17H24N2O2/c1-12(9-17(4,11-18)19-5)20-14-8-6-7-13-10-16(2,3)21-15(13)14/h6-8,12,19H,9-10H2,1-5H3. The van der Waals surface area contributed by atoms with Crippen LogP contribution in [0.15, 0.2) is 18.2 Å². The fourth-order valence-electron chi connectivity index (χ4n) is 2.72. The van der Waals surface area contributed by atoms with E-state index in [2.05, 4.69) is 31.3 Å². The van der Waals surface area contributed by atoms with Crippen LogP contribution in [-0.2, 0) is 6.42 Å². The summed E-state index contributed by atoms with van der Waals surface area (Å²) in [5.74, 6) is 1.61. The topological polar surface area (TPSA) is 54.3 Å². The molecule has 2 atom stereocenters. The summed E-state index contributed by atoms with van der Waals surface area (Å²) in [4.78, 5) is 0.